The van der Waals surface area contributed by atoms with Gasteiger partial charge in [0.15, 0.2) is 5.82 Å². The molecule has 0 aliphatic heterocycles. The summed E-state index contributed by atoms with van der Waals surface area (Å²) in [6, 6.07) is 8.46. The number of hydrogen-bond donors (Lipinski definition) is 0. The molecule has 0 amide bonds. The maximum atomic E-state index is 4.67. The molecule has 0 bridgehead atoms. The first-order valence-corrected chi connectivity index (χ1v) is 10.1. The Morgan fingerprint density at radius 2 is 1.97 bits per heavy atom. The quantitative estimate of drug-likeness (QED) is 0.448. The average molecular weight is 405 g/mol. The Morgan fingerprint density at radius 3 is 2.76 bits per heavy atom. The van der Waals surface area contributed by atoms with E-state index in [1.54, 1.807) is 16.0 Å². The second kappa shape index (κ2) is 7.02. The molecule has 5 aromatic rings. The van der Waals surface area contributed by atoms with Gasteiger partial charge < -0.3 is 4.90 Å². The Kier molecular flexibility index (Phi) is 4.33. The van der Waals surface area contributed by atoms with Gasteiger partial charge in [-0.15, -0.1) is 10.2 Å². The maximum absolute atomic E-state index is 4.67. The highest BCUT2D eigenvalue weighted by Crippen LogP contribution is 2.24. The van der Waals surface area contributed by atoms with Gasteiger partial charge in [0, 0.05) is 42.4 Å². The molecule has 8 nitrogen and oxygen atoms in total. The van der Waals surface area contributed by atoms with Crippen molar-refractivity contribution < 1.29 is 0 Å². The van der Waals surface area contributed by atoms with Gasteiger partial charge in [0.2, 0.25) is 4.96 Å². The molecule has 4 heterocycles. The summed E-state index contributed by atoms with van der Waals surface area (Å²) in [7, 11) is 5.98. The van der Waals surface area contributed by atoms with Crippen molar-refractivity contribution >= 4 is 27.2 Å². The molecule has 146 valence electrons. The van der Waals surface area contributed by atoms with E-state index in [9.17, 15) is 0 Å². The summed E-state index contributed by atoms with van der Waals surface area (Å²) < 4.78 is 3.66. The van der Waals surface area contributed by atoms with Gasteiger partial charge in [0.05, 0.1) is 18.3 Å². The van der Waals surface area contributed by atoms with E-state index < -0.39 is 0 Å². The lowest BCUT2D eigenvalue weighted by molar-refractivity contribution is 0.399. The van der Waals surface area contributed by atoms with Crippen LogP contribution in [-0.4, -0.2) is 53.6 Å². The first-order chi connectivity index (χ1) is 14.0. The number of aryl methyl sites for hydroxylation is 1. The lowest BCUT2D eigenvalue weighted by Gasteiger charge is -2.05. The summed E-state index contributed by atoms with van der Waals surface area (Å²) in [5.41, 5.74) is 4.23. The van der Waals surface area contributed by atoms with Crippen LogP contribution in [0, 0.1) is 0 Å². The number of aromatic nitrogens is 7. The zero-order chi connectivity index (χ0) is 20.0. The summed E-state index contributed by atoms with van der Waals surface area (Å²) in [6.07, 6.45) is 6.41. The van der Waals surface area contributed by atoms with E-state index in [4.69, 9.17) is 0 Å². The predicted octanol–water partition coefficient (Wildman–Crippen LogP) is 2.79. The molecule has 0 saturated carbocycles. The van der Waals surface area contributed by atoms with Crippen LogP contribution < -0.4 is 0 Å². The van der Waals surface area contributed by atoms with Crippen molar-refractivity contribution in [1.29, 1.82) is 0 Å². The fourth-order valence-corrected chi connectivity index (χ4v) is 4.31. The summed E-state index contributed by atoms with van der Waals surface area (Å²) in [4.78, 5) is 7.53. The lowest BCUT2D eigenvalue weighted by Crippen LogP contribution is -2.10. The van der Waals surface area contributed by atoms with Crippen molar-refractivity contribution in [2.75, 3.05) is 14.1 Å². The minimum Gasteiger partial charge on any atom is -0.303 e. The SMILES string of the molecule is CN(C)Cc1nn2c(Cc3ccc4ncc(-c5cnn(C)c5)cc4c3)nnc2s1. The molecule has 0 aliphatic carbocycles. The second-order valence-corrected chi connectivity index (χ2v) is 8.42. The average Bonchev–Trinajstić information content (AvgIpc) is 3.38. The molecule has 0 atom stereocenters. The molecule has 1 aromatic carbocycles. The molecule has 0 spiro atoms. The lowest BCUT2D eigenvalue weighted by atomic mass is 10.0. The van der Waals surface area contributed by atoms with Gasteiger partial charge in [0.1, 0.15) is 5.01 Å². The Bertz CT molecular complexity index is 1310. The van der Waals surface area contributed by atoms with Crippen molar-refractivity contribution in [3.8, 4) is 11.1 Å². The number of hydrogen-bond acceptors (Lipinski definition) is 7. The first-order valence-electron chi connectivity index (χ1n) is 9.27. The Morgan fingerprint density at radius 1 is 1.07 bits per heavy atom. The van der Waals surface area contributed by atoms with Crippen LogP contribution in [0.5, 0.6) is 0 Å². The molecule has 0 N–H and O–H groups in total. The summed E-state index contributed by atoms with van der Waals surface area (Å²) in [6.45, 7) is 0.798. The molecule has 0 unspecified atom stereocenters. The molecule has 0 aliphatic rings. The standard InChI is InChI=1S/C20H20N8S/c1-26(2)12-19-25-28-18(23-24-20(28)29-19)7-13-4-5-17-14(6-13)8-15(9-21-17)16-10-22-27(3)11-16/h4-6,8-11H,7,12H2,1-3H3. The summed E-state index contributed by atoms with van der Waals surface area (Å²) in [5, 5.41) is 19.7. The van der Waals surface area contributed by atoms with E-state index in [2.05, 4.69) is 54.5 Å². The topological polar surface area (TPSA) is 77.0 Å². The minimum atomic E-state index is 0.666. The largest absolute Gasteiger partial charge is 0.303 e. The van der Waals surface area contributed by atoms with Gasteiger partial charge in [0.25, 0.3) is 0 Å². The third-order valence-corrected chi connectivity index (χ3v) is 5.58. The van der Waals surface area contributed by atoms with Crippen LogP contribution >= 0.6 is 11.3 Å². The highest BCUT2D eigenvalue weighted by Gasteiger charge is 2.13. The molecule has 0 fully saturated rings. The molecule has 5 rings (SSSR count). The van der Waals surface area contributed by atoms with Gasteiger partial charge in [-0.05, 0) is 37.9 Å². The van der Waals surface area contributed by atoms with Crippen molar-refractivity contribution in [3.63, 3.8) is 0 Å². The van der Waals surface area contributed by atoms with Crippen molar-refractivity contribution in [2.24, 2.45) is 7.05 Å². The monoisotopic (exact) mass is 404 g/mol. The van der Waals surface area contributed by atoms with Crippen LogP contribution in [0.4, 0.5) is 0 Å². The van der Waals surface area contributed by atoms with E-state index in [1.165, 1.54) is 0 Å². The molecule has 0 saturated heterocycles. The third kappa shape index (κ3) is 3.50. The fraction of sp³-hybridized carbons (Fsp3) is 0.250. The van der Waals surface area contributed by atoms with E-state index >= 15 is 0 Å². The van der Waals surface area contributed by atoms with Gasteiger partial charge >= 0.3 is 0 Å². The Hall–Kier alpha value is -3.17. The van der Waals surface area contributed by atoms with E-state index in [0.29, 0.717) is 6.42 Å². The van der Waals surface area contributed by atoms with E-state index in [1.807, 2.05) is 44.2 Å². The predicted molar refractivity (Wildman–Crippen MR) is 113 cm³/mol. The van der Waals surface area contributed by atoms with Crippen molar-refractivity contribution in [2.45, 2.75) is 13.0 Å². The van der Waals surface area contributed by atoms with Gasteiger partial charge in [-0.25, -0.2) is 0 Å². The zero-order valence-corrected chi connectivity index (χ0v) is 17.3. The highest BCUT2D eigenvalue weighted by molar-refractivity contribution is 7.16. The minimum absolute atomic E-state index is 0.666. The van der Waals surface area contributed by atoms with Crippen LogP contribution in [0.25, 0.3) is 27.0 Å². The Labute approximate surface area is 171 Å². The van der Waals surface area contributed by atoms with Crippen LogP contribution in [0.2, 0.25) is 0 Å². The summed E-state index contributed by atoms with van der Waals surface area (Å²) >= 11 is 1.58. The summed E-state index contributed by atoms with van der Waals surface area (Å²) in [5.74, 6) is 0.844. The third-order valence-electron chi connectivity index (χ3n) is 4.69. The number of pyridine rings is 1. The van der Waals surface area contributed by atoms with E-state index in [-0.39, 0.29) is 0 Å². The van der Waals surface area contributed by atoms with Crippen LogP contribution in [0.15, 0.2) is 42.9 Å². The maximum Gasteiger partial charge on any atom is 0.234 e. The van der Waals surface area contributed by atoms with Crippen molar-refractivity contribution in [1.82, 2.24) is 39.5 Å². The zero-order valence-electron chi connectivity index (χ0n) is 16.4. The molecule has 29 heavy (non-hydrogen) atoms. The molecule has 4 aromatic heterocycles. The fourth-order valence-electron chi connectivity index (χ4n) is 3.34. The van der Waals surface area contributed by atoms with E-state index in [0.717, 1.165) is 49.9 Å². The molecular weight excluding hydrogens is 384 g/mol. The number of nitrogens with zero attached hydrogens (tertiary/aromatic N) is 8. The van der Waals surface area contributed by atoms with Crippen LogP contribution in [0.3, 0.4) is 0 Å². The number of fused-ring (bicyclic) bond motifs is 2. The smallest absolute Gasteiger partial charge is 0.234 e. The highest BCUT2D eigenvalue weighted by atomic mass is 32.1. The molecule has 0 radical (unpaired) electrons. The number of benzene rings is 1. The van der Waals surface area contributed by atoms with Gasteiger partial charge in [-0.2, -0.15) is 14.7 Å². The van der Waals surface area contributed by atoms with Gasteiger partial charge in [-0.1, -0.05) is 17.4 Å². The second-order valence-electron chi connectivity index (χ2n) is 7.37. The molecule has 9 heteroatoms. The van der Waals surface area contributed by atoms with Crippen LogP contribution in [-0.2, 0) is 20.0 Å². The van der Waals surface area contributed by atoms with Gasteiger partial charge in [-0.3, -0.25) is 9.67 Å². The molecular formula is C20H20N8S. The van der Waals surface area contributed by atoms with Crippen molar-refractivity contribution in [3.05, 3.63) is 59.3 Å². The van der Waals surface area contributed by atoms with Crippen LogP contribution in [0.1, 0.15) is 16.4 Å². The first kappa shape index (κ1) is 17.9. The normalized spacial score (nSPS) is 11.9. The Balaban J connectivity index is 1.47. The number of rotatable bonds is 5.